The van der Waals surface area contributed by atoms with Gasteiger partial charge in [-0.2, -0.15) is 0 Å². The van der Waals surface area contributed by atoms with Gasteiger partial charge in [0.15, 0.2) is 0 Å². The van der Waals surface area contributed by atoms with Crippen LogP contribution in [0.1, 0.15) is 19.3 Å². The van der Waals surface area contributed by atoms with E-state index in [2.05, 4.69) is 0 Å². The topological polar surface area (TPSA) is 66.6 Å². The van der Waals surface area contributed by atoms with Crippen molar-refractivity contribution in [3.63, 3.8) is 0 Å². The molecule has 3 atom stereocenters. The summed E-state index contributed by atoms with van der Waals surface area (Å²) in [5.74, 6) is 0.0721. The van der Waals surface area contributed by atoms with Gasteiger partial charge < -0.3 is 15.7 Å². The van der Waals surface area contributed by atoms with Gasteiger partial charge in [-0.1, -0.05) is 12.2 Å². The fourth-order valence-corrected chi connectivity index (χ4v) is 2.44. The smallest absolute Gasteiger partial charge is 0.229 e. The van der Waals surface area contributed by atoms with Crippen molar-refractivity contribution in [2.24, 2.45) is 11.7 Å². The predicted octanol–water partition coefficient (Wildman–Crippen LogP) is -0.127. The van der Waals surface area contributed by atoms with E-state index < -0.39 is 0 Å². The van der Waals surface area contributed by atoms with Crippen LogP contribution in [0.15, 0.2) is 12.2 Å². The van der Waals surface area contributed by atoms with Crippen LogP contribution < -0.4 is 5.73 Å². The molecule has 0 aromatic heterocycles. The van der Waals surface area contributed by atoms with Gasteiger partial charge in [0.25, 0.3) is 0 Å². The minimum atomic E-state index is -0.0628. The third kappa shape index (κ3) is 2.06. The zero-order chi connectivity index (χ0) is 10.8. The van der Waals surface area contributed by atoms with Gasteiger partial charge in [0.2, 0.25) is 5.91 Å². The number of hydrogen-bond acceptors (Lipinski definition) is 3. The summed E-state index contributed by atoms with van der Waals surface area (Å²) in [5, 5.41) is 9.14. The van der Waals surface area contributed by atoms with E-state index >= 15 is 0 Å². The Morgan fingerprint density at radius 3 is 2.93 bits per heavy atom. The number of likely N-dealkylation sites (tertiary alicyclic amines) is 1. The molecule has 0 aromatic rings. The van der Waals surface area contributed by atoms with Crippen molar-refractivity contribution >= 4 is 5.91 Å². The molecule has 0 spiro atoms. The molecule has 1 aliphatic carbocycles. The molecule has 15 heavy (non-hydrogen) atoms. The molecule has 1 heterocycles. The van der Waals surface area contributed by atoms with Crippen molar-refractivity contribution in [3.05, 3.63) is 12.2 Å². The Labute approximate surface area is 89.7 Å². The molecule has 0 saturated carbocycles. The first-order valence-corrected chi connectivity index (χ1v) is 5.57. The standard InChI is InChI=1S/C11H18N2O2/c12-9-4-3-8(6-9)11(15)13-5-1-2-10(13)7-14/h3-4,8-10,14H,1-2,5-7,12H2/t8?,9?,10-/m1/s1. The largest absolute Gasteiger partial charge is 0.394 e. The third-order valence-electron chi connectivity index (χ3n) is 3.30. The predicted molar refractivity (Wildman–Crippen MR) is 57.0 cm³/mol. The lowest BCUT2D eigenvalue weighted by atomic mass is 10.1. The van der Waals surface area contributed by atoms with Crippen LogP contribution in [-0.2, 0) is 4.79 Å². The highest BCUT2D eigenvalue weighted by atomic mass is 16.3. The van der Waals surface area contributed by atoms with Crippen LogP contribution in [0.3, 0.4) is 0 Å². The van der Waals surface area contributed by atoms with Crippen LogP contribution in [0, 0.1) is 5.92 Å². The first kappa shape index (κ1) is 10.6. The van der Waals surface area contributed by atoms with Crippen LogP contribution in [0.4, 0.5) is 0 Å². The summed E-state index contributed by atoms with van der Waals surface area (Å²) in [7, 11) is 0. The number of carbonyl (C=O) groups excluding carboxylic acids is 1. The average Bonchev–Trinajstić information content (AvgIpc) is 2.84. The molecule has 1 aliphatic heterocycles. The summed E-state index contributed by atoms with van der Waals surface area (Å²) in [6.45, 7) is 0.859. The summed E-state index contributed by atoms with van der Waals surface area (Å²) in [6.07, 6.45) is 6.43. The second kappa shape index (κ2) is 4.33. The van der Waals surface area contributed by atoms with Gasteiger partial charge in [-0.05, 0) is 19.3 Å². The fraction of sp³-hybridized carbons (Fsp3) is 0.727. The first-order chi connectivity index (χ1) is 7.22. The normalized spacial score (nSPS) is 35.1. The summed E-state index contributed by atoms with van der Waals surface area (Å²) in [4.78, 5) is 13.9. The molecule has 0 radical (unpaired) electrons. The van der Waals surface area contributed by atoms with E-state index in [9.17, 15) is 4.79 Å². The van der Waals surface area contributed by atoms with E-state index in [1.54, 1.807) is 0 Å². The lowest BCUT2D eigenvalue weighted by molar-refractivity contribution is -0.135. The maximum atomic E-state index is 12.1. The monoisotopic (exact) mass is 210 g/mol. The van der Waals surface area contributed by atoms with Gasteiger partial charge in [0.1, 0.15) is 0 Å². The number of amides is 1. The number of rotatable bonds is 2. The average molecular weight is 210 g/mol. The Hall–Kier alpha value is -0.870. The molecule has 84 valence electrons. The molecule has 2 rings (SSSR count). The maximum Gasteiger partial charge on any atom is 0.229 e. The van der Waals surface area contributed by atoms with E-state index in [4.69, 9.17) is 10.8 Å². The molecular weight excluding hydrogens is 192 g/mol. The highest BCUT2D eigenvalue weighted by molar-refractivity contribution is 5.81. The van der Waals surface area contributed by atoms with Crippen molar-refractivity contribution in [2.45, 2.75) is 31.3 Å². The number of nitrogens with two attached hydrogens (primary N) is 1. The lowest BCUT2D eigenvalue weighted by Crippen LogP contribution is -2.41. The molecule has 1 amide bonds. The Morgan fingerprint density at radius 1 is 1.53 bits per heavy atom. The van der Waals surface area contributed by atoms with Crippen molar-refractivity contribution < 1.29 is 9.90 Å². The number of nitrogens with zero attached hydrogens (tertiary/aromatic N) is 1. The molecule has 4 heteroatoms. The van der Waals surface area contributed by atoms with E-state index in [0.717, 1.165) is 19.4 Å². The fourth-order valence-electron chi connectivity index (χ4n) is 2.44. The number of aliphatic hydroxyl groups excluding tert-OH is 1. The van der Waals surface area contributed by atoms with Crippen molar-refractivity contribution in [3.8, 4) is 0 Å². The highest BCUT2D eigenvalue weighted by Crippen LogP contribution is 2.24. The van der Waals surface area contributed by atoms with Crippen LogP contribution in [0.5, 0.6) is 0 Å². The van der Waals surface area contributed by atoms with Gasteiger partial charge in [-0.3, -0.25) is 4.79 Å². The highest BCUT2D eigenvalue weighted by Gasteiger charge is 2.33. The van der Waals surface area contributed by atoms with E-state index in [1.807, 2.05) is 17.1 Å². The van der Waals surface area contributed by atoms with Crippen LogP contribution in [0.25, 0.3) is 0 Å². The Kier molecular flexibility index (Phi) is 3.07. The lowest BCUT2D eigenvalue weighted by Gasteiger charge is -2.25. The van der Waals surface area contributed by atoms with Gasteiger partial charge >= 0.3 is 0 Å². The number of aliphatic hydroxyl groups is 1. The maximum absolute atomic E-state index is 12.1. The minimum Gasteiger partial charge on any atom is -0.394 e. The SMILES string of the molecule is NC1C=CC(C(=O)N2CCC[C@@H]2CO)C1. The molecule has 1 fully saturated rings. The van der Waals surface area contributed by atoms with Gasteiger partial charge in [0.05, 0.1) is 18.6 Å². The summed E-state index contributed by atoms with van der Waals surface area (Å²) < 4.78 is 0. The quantitative estimate of drug-likeness (QED) is 0.624. The summed E-state index contributed by atoms with van der Waals surface area (Å²) in [5.41, 5.74) is 5.72. The van der Waals surface area contributed by atoms with Crippen LogP contribution in [0.2, 0.25) is 0 Å². The van der Waals surface area contributed by atoms with Crippen LogP contribution in [-0.4, -0.2) is 41.1 Å². The van der Waals surface area contributed by atoms with Gasteiger partial charge in [-0.15, -0.1) is 0 Å². The minimum absolute atomic E-state index is 0.0223. The van der Waals surface area contributed by atoms with Gasteiger partial charge in [0, 0.05) is 12.6 Å². The zero-order valence-corrected chi connectivity index (χ0v) is 8.80. The number of carbonyl (C=O) groups is 1. The van der Waals surface area contributed by atoms with E-state index in [-0.39, 0.29) is 30.5 Å². The zero-order valence-electron chi connectivity index (χ0n) is 8.80. The molecule has 4 nitrogen and oxygen atoms in total. The second-order valence-corrected chi connectivity index (χ2v) is 4.40. The Balaban J connectivity index is 1.98. The molecule has 0 bridgehead atoms. The van der Waals surface area contributed by atoms with Crippen molar-refractivity contribution in [1.29, 1.82) is 0 Å². The molecule has 0 aromatic carbocycles. The van der Waals surface area contributed by atoms with Crippen molar-refractivity contribution in [2.75, 3.05) is 13.2 Å². The van der Waals surface area contributed by atoms with Crippen molar-refractivity contribution in [1.82, 2.24) is 4.90 Å². The first-order valence-electron chi connectivity index (χ1n) is 5.57. The van der Waals surface area contributed by atoms with Crippen LogP contribution >= 0.6 is 0 Å². The summed E-state index contributed by atoms with van der Waals surface area (Å²) >= 11 is 0. The molecule has 1 saturated heterocycles. The molecule has 2 unspecified atom stereocenters. The molecule has 2 aliphatic rings. The van der Waals surface area contributed by atoms with E-state index in [1.165, 1.54) is 0 Å². The Bertz CT molecular complexity index is 278. The second-order valence-electron chi connectivity index (χ2n) is 4.40. The van der Waals surface area contributed by atoms with E-state index in [0.29, 0.717) is 6.42 Å². The summed E-state index contributed by atoms with van der Waals surface area (Å²) in [6, 6.07) is 0.0526. The molecule has 3 N–H and O–H groups in total. The third-order valence-corrected chi connectivity index (χ3v) is 3.30. The molecular formula is C11H18N2O2. The van der Waals surface area contributed by atoms with Gasteiger partial charge in [-0.25, -0.2) is 0 Å². The number of hydrogen-bond donors (Lipinski definition) is 2. The Morgan fingerprint density at radius 2 is 2.33 bits per heavy atom.